The second-order valence-corrected chi connectivity index (χ2v) is 5.13. The zero-order valence-corrected chi connectivity index (χ0v) is 9.41. The zero-order valence-electron chi connectivity index (χ0n) is 9.41. The summed E-state index contributed by atoms with van der Waals surface area (Å²) in [5, 5.41) is 0. The van der Waals surface area contributed by atoms with Crippen LogP contribution in [0, 0.1) is 5.41 Å². The molecule has 1 fully saturated rings. The monoisotopic (exact) mass is 208 g/mol. The molecule has 0 amide bonds. The summed E-state index contributed by atoms with van der Waals surface area (Å²) in [5.74, 6) is 0. The summed E-state index contributed by atoms with van der Waals surface area (Å²) >= 11 is 0. The minimum absolute atomic E-state index is 0.0185. The molecule has 0 bridgehead atoms. The number of aliphatic imine (C=N–C) groups is 2. The molecule has 0 aliphatic heterocycles. The van der Waals surface area contributed by atoms with Gasteiger partial charge in [0.15, 0.2) is 0 Å². The molecule has 2 unspecified atom stereocenters. The Hall–Kier alpha value is -1.24. The van der Waals surface area contributed by atoms with E-state index in [1.807, 2.05) is 6.92 Å². The minimum Gasteiger partial charge on any atom is -0.211 e. The molecule has 2 atom stereocenters. The summed E-state index contributed by atoms with van der Waals surface area (Å²) in [6.45, 7) is 6.05. The number of rotatable bonds is 2. The fraction of sp³-hybridized carbons (Fsp3) is 0.818. The quantitative estimate of drug-likeness (QED) is 0.514. The van der Waals surface area contributed by atoms with E-state index in [1.165, 1.54) is 0 Å². The van der Waals surface area contributed by atoms with Crippen molar-refractivity contribution in [3.63, 3.8) is 0 Å². The van der Waals surface area contributed by atoms with Gasteiger partial charge in [0, 0.05) is 0 Å². The molecule has 1 aliphatic carbocycles. The van der Waals surface area contributed by atoms with Gasteiger partial charge in [-0.05, 0) is 31.6 Å². The van der Waals surface area contributed by atoms with Crippen LogP contribution in [0.4, 0.5) is 0 Å². The Balaban J connectivity index is 2.92. The molecule has 0 N–H and O–H groups in total. The van der Waals surface area contributed by atoms with Crippen molar-refractivity contribution < 1.29 is 9.59 Å². The predicted molar refractivity (Wildman–Crippen MR) is 56.1 cm³/mol. The van der Waals surface area contributed by atoms with Crippen LogP contribution in [0.1, 0.15) is 40.0 Å². The van der Waals surface area contributed by atoms with E-state index in [1.54, 1.807) is 12.2 Å². The van der Waals surface area contributed by atoms with Crippen molar-refractivity contribution in [2.24, 2.45) is 15.4 Å². The second-order valence-electron chi connectivity index (χ2n) is 5.13. The van der Waals surface area contributed by atoms with Gasteiger partial charge >= 0.3 is 0 Å². The van der Waals surface area contributed by atoms with Gasteiger partial charge in [-0.2, -0.15) is 4.99 Å². The molecule has 1 saturated carbocycles. The van der Waals surface area contributed by atoms with E-state index in [4.69, 9.17) is 0 Å². The molecule has 82 valence electrons. The van der Waals surface area contributed by atoms with E-state index < -0.39 is 5.54 Å². The molecule has 0 aromatic heterocycles. The van der Waals surface area contributed by atoms with E-state index in [0.29, 0.717) is 6.42 Å². The number of hydrogen-bond acceptors (Lipinski definition) is 4. The Bertz CT molecular complexity index is 338. The third-order valence-electron chi connectivity index (χ3n) is 3.37. The van der Waals surface area contributed by atoms with Crippen molar-refractivity contribution in [3.8, 4) is 0 Å². The van der Waals surface area contributed by atoms with Crippen LogP contribution < -0.4 is 0 Å². The van der Waals surface area contributed by atoms with E-state index in [9.17, 15) is 9.59 Å². The van der Waals surface area contributed by atoms with Gasteiger partial charge in [-0.15, -0.1) is 0 Å². The molecule has 15 heavy (non-hydrogen) atoms. The molecule has 1 rings (SSSR count). The standard InChI is InChI=1S/C11H16N2O2/c1-10(2)4-5-11(3,13-8-15)6-9(10)12-7-14/h9H,4-6H2,1-3H3. The van der Waals surface area contributed by atoms with Gasteiger partial charge in [0.05, 0.1) is 11.6 Å². The van der Waals surface area contributed by atoms with Gasteiger partial charge < -0.3 is 0 Å². The molecule has 4 heteroatoms. The summed E-state index contributed by atoms with van der Waals surface area (Å²) < 4.78 is 0. The molecule has 1 aliphatic rings. The number of hydrogen-bond donors (Lipinski definition) is 0. The molecule has 0 radical (unpaired) electrons. The van der Waals surface area contributed by atoms with Crippen LogP contribution in [0.5, 0.6) is 0 Å². The van der Waals surface area contributed by atoms with Crippen LogP contribution >= 0.6 is 0 Å². The fourth-order valence-electron chi connectivity index (χ4n) is 2.05. The van der Waals surface area contributed by atoms with Crippen LogP contribution in [0.25, 0.3) is 0 Å². The lowest BCUT2D eigenvalue weighted by Crippen LogP contribution is -2.42. The van der Waals surface area contributed by atoms with E-state index >= 15 is 0 Å². The lowest BCUT2D eigenvalue weighted by Gasteiger charge is -2.42. The maximum atomic E-state index is 10.3. The number of isocyanates is 2. The first-order valence-electron chi connectivity index (χ1n) is 5.09. The van der Waals surface area contributed by atoms with E-state index in [-0.39, 0.29) is 11.5 Å². The predicted octanol–water partition coefficient (Wildman–Crippen LogP) is 2.00. The van der Waals surface area contributed by atoms with Gasteiger partial charge in [0.1, 0.15) is 0 Å². The first-order valence-corrected chi connectivity index (χ1v) is 5.09. The number of nitrogens with zero attached hydrogens (tertiary/aromatic N) is 2. The summed E-state index contributed by atoms with van der Waals surface area (Å²) in [4.78, 5) is 28.3. The van der Waals surface area contributed by atoms with E-state index in [2.05, 4.69) is 23.8 Å². The average molecular weight is 208 g/mol. The highest BCUT2D eigenvalue weighted by atomic mass is 16.1. The second kappa shape index (κ2) is 4.09. The van der Waals surface area contributed by atoms with Crippen molar-refractivity contribution in [2.45, 2.75) is 51.6 Å². The molecular formula is C11H16N2O2. The summed E-state index contributed by atoms with van der Waals surface area (Å²) in [5.41, 5.74) is -0.433. The summed E-state index contributed by atoms with van der Waals surface area (Å²) in [6, 6.07) is -0.106. The van der Waals surface area contributed by atoms with Crippen LogP contribution in [0.3, 0.4) is 0 Å². The Morgan fingerprint density at radius 2 is 1.80 bits per heavy atom. The Labute approximate surface area is 89.5 Å². The van der Waals surface area contributed by atoms with Crippen molar-refractivity contribution in [1.29, 1.82) is 0 Å². The van der Waals surface area contributed by atoms with Gasteiger partial charge in [-0.1, -0.05) is 13.8 Å². The first kappa shape index (κ1) is 11.8. The highest BCUT2D eigenvalue weighted by molar-refractivity contribution is 5.36. The Morgan fingerprint density at radius 3 is 2.33 bits per heavy atom. The largest absolute Gasteiger partial charge is 0.235 e. The third kappa shape index (κ3) is 2.62. The van der Waals surface area contributed by atoms with E-state index in [0.717, 1.165) is 12.8 Å². The smallest absolute Gasteiger partial charge is 0.211 e. The Kier molecular flexibility index (Phi) is 3.23. The summed E-state index contributed by atoms with van der Waals surface area (Å²) in [7, 11) is 0. The molecule has 4 nitrogen and oxygen atoms in total. The first-order chi connectivity index (χ1) is 6.93. The van der Waals surface area contributed by atoms with Crippen LogP contribution in [-0.2, 0) is 9.59 Å². The number of carbonyl (C=O) groups excluding carboxylic acids is 2. The zero-order chi connectivity index (χ0) is 11.5. The molecule has 0 heterocycles. The van der Waals surface area contributed by atoms with Gasteiger partial charge in [0.25, 0.3) is 0 Å². The molecule has 0 aromatic carbocycles. The normalized spacial score (nSPS) is 33.7. The SMILES string of the molecule is CC1(N=C=O)CCC(C)(C)C(N=C=O)C1. The molecule has 0 saturated heterocycles. The van der Waals surface area contributed by atoms with Crippen LogP contribution in [0.2, 0.25) is 0 Å². The lowest BCUT2D eigenvalue weighted by molar-refractivity contribution is 0.145. The topological polar surface area (TPSA) is 58.9 Å². The highest BCUT2D eigenvalue weighted by Crippen LogP contribution is 2.43. The maximum absolute atomic E-state index is 10.3. The molecular weight excluding hydrogens is 192 g/mol. The van der Waals surface area contributed by atoms with Crippen molar-refractivity contribution in [3.05, 3.63) is 0 Å². The molecule has 0 aromatic rings. The fourth-order valence-corrected chi connectivity index (χ4v) is 2.05. The summed E-state index contributed by atoms with van der Waals surface area (Å²) in [6.07, 6.45) is 5.55. The molecule has 0 spiro atoms. The van der Waals surface area contributed by atoms with Crippen LogP contribution in [0.15, 0.2) is 9.98 Å². The minimum atomic E-state index is -0.414. The maximum Gasteiger partial charge on any atom is 0.235 e. The third-order valence-corrected chi connectivity index (χ3v) is 3.37. The van der Waals surface area contributed by atoms with Gasteiger partial charge in [-0.25, -0.2) is 14.6 Å². The van der Waals surface area contributed by atoms with Crippen molar-refractivity contribution in [1.82, 2.24) is 0 Å². The van der Waals surface area contributed by atoms with Crippen molar-refractivity contribution >= 4 is 12.2 Å². The lowest BCUT2D eigenvalue weighted by atomic mass is 9.67. The van der Waals surface area contributed by atoms with Gasteiger partial charge in [0.2, 0.25) is 12.2 Å². The van der Waals surface area contributed by atoms with Crippen molar-refractivity contribution in [2.75, 3.05) is 0 Å². The van der Waals surface area contributed by atoms with Gasteiger partial charge in [-0.3, -0.25) is 0 Å². The highest BCUT2D eigenvalue weighted by Gasteiger charge is 2.42. The average Bonchev–Trinajstić information content (AvgIpc) is 2.14. The Morgan fingerprint density at radius 1 is 1.13 bits per heavy atom. The van der Waals surface area contributed by atoms with Crippen LogP contribution in [-0.4, -0.2) is 23.7 Å².